The lowest BCUT2D eigenvalue weighted by Gasteiger charge is -2.19. The first-order valence-corrected chi connectivity index (χ1v) is 10.5. The summed E-state index contributed by atoms with van der Waals surface area (Å²) >= 11 is 0. The number of amides is 2. The Morgan fingerprint density at radius 3 is 2.52 bits per heavy atom. The largest absolute Gasteiger partial charge is 0.480 e. The number of nitrogens with one attached hydrogen (secondary N) is 2. The van der Waals surface area contributed by atoms with E-state index in [1.54, 1.807) is 31.4 Å². The average molecular weight is 421 g/mol. The molecule has 0 aliphatic heterocycles. The summed E-state index contributed by atoms with van der Waals surface area (Å²) in [5, 5.41) is 7.71. The lowest BCUT2D eigenvalue weighted by molar-refractivity contribution is -0.122. The summed E-state index contributed by atoms with van der Waals surface area (Å²) in [5.74, 6) is 0.120. The highest BCUT2D eigenvalue weighted by atomic mass is 16.5. The molecule has 0 heterocycles. The van der Waals surface area contributed by atoms with E-state index in [1.807, 2.05) is 49.4 Å². The van der Waals surface area contributed by atoms with Gasteiger partial charge in [-0.05, 0) is 36.4 Å². The standard InChI is InChI=1S/C25H28N2O4/c1-3-22(31-23-15-8-11-18-10-4-5-12-19(18)23)25(29)27-21-14-7-6-13-20(21)24(28)26-16-9-17-30-2/h4-8,10-15,22H,3,9,16-17H2,1-2H3,(H,26,28)(H,27,29). The lowest BCUT2D eigenvalue weighted by atomic mass is 10.1. The molecule has 1 atom stereocenters. The number of rotatable bonds is 10. The van der Waals surface area contributed by atoms with Crippen LogP contribution in [0.25, 0.3) is 10.8 Å². The summed E-state index contributed by atoms with van der Waals surface area (Å²) in [6.45, 7) is 2.96. The van der Waals surface area contributed by atoms with E-state index in [4.69, 9.17) is 9.47 Å². The molecule has 3 aromatic carbocycles. The molecule has 0 saturated carbocycles. The minimum Gasteiger partial charge on any atom is -0.480 e. The smallest absolute Gasteiger partial charge is 0.265 e. The molecule has 0 spiro atoms. The second kappa shape index (κ2) is 11.1. The summed E-state index contributed by atoms with van der Waals surface area (Å²) in [7, 11) is 1.62. The van der Waals surface area contributed by atoms with Gasteiger partial charge >= 0.3 is 0 Å². The molecule has 0 aromatic heterocycles. The Kier molecular flexibility index (Phi) is 8.01. The van der Waals surface area contributed by atoms with Gasteiger partial charge in [-0.3, -0.25) is 9.59 Å². The molecule has 31 heavy (non-hydrogen) atoms. The monoisotopic (exact) mass is 420 g/mol. The van der Waals surface area contributed by atoms with Crippen molar-refractivity contribution in [3.05, 3.63) is 72.3 Å². The minimum absolute atomic E-state index is 0.241. The quantitative estimate of drug-likeness (QED) is 0.477. The third kappa shape index (κ3) is 5.83. The van der Waals surface area contributed by atoms with Crippen molar-refractivity contribution < 1.29 is 19.1 Å². The first-order valence-electron chi connectivity index (χ1n) is 10.5. The van der Waals surface area contributed by atoms with Gasteiger partial charge in [0, 0.05) is 25.6 Å². The number of benzene rings is 3. The second-order valence-corrected chi connectivity index (χ2v) is 7.13. The first kappa shape index (κ1) is 22.3. The number of carbonyl (C=O) groups is 2. The Morgan fingerprint density at radius 1 is 0.968 bits per heavy atom. The molecule has 6 heteroatoms. The van der Waals surface area contributed by atoms with Gasteiger partial charge < -0.3 is 20.1 Å². The molecule has 0 fully saturated rings. The van der Waals surface area contributed by atoms with Gasteiger partial charge in [-0.15, -0.1) is 0 Å². The van der Waals surface area contributed by atoms with Crippen molar-refractivity contribution in [2.24, 2.45) is 0 Å². The van der Waals surface area contributed by atoms with Gasteiger partial charge in [0.1, 0.15) is 5.75 Å². The van der Waals surface area contributed by atoms with Crippen molar-refractivity contribution >= 4 is 28.3 Å². The van der Waals surface area contributed by atoms with Crippen molar-refractivity contribution in [1.29, 1.82) is 0 Å². The molecule has 0 aliphatic rings. The zero-order chi connectivity index (χ0) is 22.1. The highest BCUT2D eigenvalue weighted by Crippen LogP contribution is 2.27. The Balaban J connectivity index is 1.72. The normalized spacial score (nSPS) is 11.7. The van der Waals surface area contributed by atoms with E-state index in [2.05, 4.69) is 10.6 Å². The molecular weight excluding hydrogens is 392 g/mol. The van der Waals surface area contributed by atoms with Crippen LogP contribution in [0.5, 0.6) is 5.75 Å². The number of fused-ring (bicyclic) bond motifs is 1. The molecule has 162 valence electrons. The molecule has 0 bridgehead atoms. The van der Waals surface area contributed by atoms with E-state index in [-0.39, 0.29) is 11.8 Å². The highest BCUT2D eigenvalue weighted by Gasteiger charge is 2.21. The van der Waals surface area contributed by atoms with Crippen LogP contribution in [0.3, 0.4) is 0 Å². The third-order valence-electron chi connectivity index (χ3n) is 4.92. The van der Waals surface area contributed by atoms with Gasteiger partial charge in [0.25, 0.3) is 11.8 Å². The summed E-state index contributed by atoms with van der Waals surface area (Å²) in [6, 6.07) is 20.6. The molecule has 0 aliphatic carbocycles. The zero-order valence-corrected chi connectivity index (χ0v) is 17.9. The number of hydrogen-bond donors (Lipinski definition) is 2. The summed E-state index contributed by atoms with van der Waals surface area (Å²) in [6.07, 6.45) is 0.511. The number of anilines is 1. The molecule has 6 nitrogen and oxygen atoms in total. The summed E-state index contributed by atoms with van der Waals surface area (Å²) < 4.78 is 11.1. The van der Waals surface area contributed by atoms with Gasteiger partial charge in [-0.1, -0.05) is 55.5 Å². The number of hydrogen-bond acceptors (Lipinski definition) is 4. The Morgan fingerprint density at radius 2 is 1.71 bits per heavy atom. The molecule has 3 aromatic rings. The predicted molar refractivity (Wildman–Crippen MR) is 123 cm³/mol. The van der Waals surface area contributed by atoms with E-state index < -0.39 is 6.10 Å². The van der Waals surface area contributed by atoms with Crippen molar-refractivity contribution in [1.82, 2.24) is 5.32 Å². The van der Waals surface area contributed by atoms with E-state index in [0.717, 1.165) is 10.8 Å². The van der Waals surface area contributed by atoms with Crippen LogP contribution in [0.2, 0.25) is 0 Å². The number of ether oxygens (including phenoxy) is 2. The first-order chi connectivity index (χ1) is 15.1. The van der Waals surface area contributed by atoms with Crippen molar-refractivity contribution in [3.8, 4) is 5.75 Å². The maximum absolute atomic E-state index is 13.0. The van der Waals surface area contributed by atoms with Crippen molar-refractivity contribution in [2.75, 3.05) is 25.6 Å². The van der Waals surface area contributed by atoms with Gasteiger partial charge in [0.2, 0.25) is 0 Å². The topological polar surface area (TPSA) is 76.7 Å². The maximum atomic E-state index is 13.0. The Labute approximate surface area is 182 Å². The molecule has 2 amide bonds. The molecular formula is C25H28N2O4. The molecule has 0 radical (unpaired) electrons. The van der Waals surface area contributed by atoms with E-state index in [0.29, 0.717) is 43.0 Å². The number of para-hydroxylation sites is 1. The SMILES string of the molecule is CCC(Oc1cccc2ccccc12)C(=O)Nc1ccccc1C(=O)NCCCOC. The van der Waals surface area contributed by atoms with Crippen molar-refractivity contribution in [2.45, 2.75) is 25.9 Å². The van der Waals surface area contributed by atoms with Crippen LogP contribution in [-0.4, -0.2) is 38.2 Å². The fourth-order valence-corrected chi connectivity index (χ4v) is 3.29. The third-order valence-corrected chi connectivity index (χ3v) is 4.92. The summed E-state index contributed by atoms with van der Waals surface area (Å²) in [5.41, 5.74) is 0.866. The van der Waals surface area contributed by atoms with E-state index in [9.17, 15) is 9.59 Å². The zero-order valence-electron chi connectivity index (χ0n) is 17.9. The van der Waals surface area contributed by atoms with Gasteiger partial charge in [0.15, 0.2) is 6.10 Å². The van der Waals surface area contributed by atoms with Crippen molar-refractivity contribution in [3.63, 3.8) is 0 Å². The van der Waals surface area contributed by atoms with Gasteiger partial charge in [0.05, 0.1) is 11.3 Å². The maximum Gasteiger partial charge on any atom is 0.265 e. The van der Waals surface area contributed by atoms with Crippen LogP contribution < -0.4 is 15.4 Å². The van der Waals surface area contributed by atoms with Crippen LogP contribution in [0.15, 0.2) is 66.7 Å². The number of methoxy groups -OCH3 is 1. The molecule has 1 unspecified atom stereocenters. The molecule has 3 rings (SSSR count). The summed E-state index contributed by atoms with van der Waals surface area (Å²) in [4.78, 5) is 25.5. The van der Waals surface area contributed by atoms with Crippen LogP contribution in [0, 0.1) is 0 Å². The van der Waals surface area contributed by atoms with E-state index >= 15 is 0 Å². The fraction of sp³-hybridized carbons (Fsp3) is 0.280. The van der Waals surface area contributed by atoms with Gasteiger partial charge in [-0.25, -0.2) is 0 Å². The minimum atomic E-state index is -0.691. The van der Waals surface area contributed by atoms with Gasteiger partial charge in [-0.2, -0.15) is 0 Å². The van der Waals surface area contributed by atoms with E-state index in [1.165, 1.54) is 0 Å². The number of carbonyl (C=O) groups excluding carboxylic acids is 2. The molecule has 2 N–H and O–H groups in total. The molecule has 0 saturated heterocycles. The lowest BCUT2D eigenvalue weighted by Crippen LogP contribution is -2.33. The Bertz CT molecular complexity index is 1030. The second-order valence-electron chi connectivity index (χ2n) is 7.13. The average Bonchev–Trinajstić information content (AvgIpc) is 2.80. The predicted octanol–water partition coefficient (Wildman–Crippen LogP) is 4.40. The Hall–Kier alpha value is -3.38. The van der Waals surface area contributed by atoms with Crippen LogP contribution in [0.4, 0.5) is 5.69 Å². The van der Waals surface area contributed by atoms with Crippen LogP contribution in [0.1, 0.15) is 30.1 Å². The van der Waals surface area contributed by atoms with Crippen LogP contribution >= 0.6 is 0 Å². The fourth-order valence-electron chi connectivity index (χ4n) is 3.29. The highest BCUT2D eigenvalue weighted by molar-refractivity contribution is 6.04. The van der Waals surface area contributed by atoms with Crippen LogP contribution in [-0.2, 0) is 9.53 Å².